The SMILES string of the molecule is C=CCOC[C@]1(CCCCCCCCCC)CC[C@H](C2CCCCC2)CC1. The molecule has 0 unspecified atom stereocenters. The minimum Gasteiger partial charge on any atom is -0.377 e. The van der Waals surface area contributed by atoms with Gasteiger partial charge in [0.25, 0.3) is 0 Å². The Labute approximate surface area is 170 Å². The highest BCUT2D eigenvalue weighted by Gasteiger charge is 2.37. The van der Waals surface area contributed by atoms with E-state index < -0.39 is 0 Å². The molecule has 158 valence electrons. The Balaban J connectivity index is 1.70. The van der Waals surface area contributed by atoms with Crippen LogP contribution in [0.5, 0.6) is 0 Å². The number of hydrogen-bond donors (Lipinski definition) is 0. The molecule has 1 heteroatoms. The molecule has 0 heterocycles. The fourth-order valence-corrected chi connectivity index (χ4v) is 5.79. The van der Waals surface area contributed by atoms with Crippen LogP contribution in [-0.4, -0.2) is 13.2 Å². The van der Waals surface area contributed by atoms with Crippen molar-refractivity contribution in [1.29, 1.82) is 0 Å². The van der Waals surface area contributed by atoms with Crippen LogP contribution in [0.4, 0.5) is 0 Å². The summed E-state index contributed by atoms with van der Waals surface area (Å²) in [6, 6.07) is 0. The van der Waals surface area contributed by atoms with E-state index in [0.717, 1.165) is 25.0 Å². The lowest BCUT2D eigenvalue weighted by Gasteiger charge is -2.43. The van der Waals surface area contributed by atoms with Crippen molar-refractivity contribution in [3.05, 3.63) is 12.7 Å². The normalized spacial score (nSPS) is 26.9. The van der Waals surface area contributed by atoms with Crippen molar-refractivity contribution in [3.8, 4) is 0 Å². The molecule has 2 fully saturated rings. The summed E-state index contributed by atoms with van der Waals surface area (Å²) >= 11 is 0. The molecule has 0 N–H and O–H groups in total. The van der Waals surface area contributed by atoms with E-state index in [-0.39, 0.29) is 0 Å². The Kier molecular flexibility index (Phi) is 11.8. The van der Waals surface area contributed by atoms with Gasteiger partial charge in [-0.15, -0.1) is 6.58 Å². The lowest BCUT2D eigenvalue weighted by atomic mass is 9.64. The van der Waals surface area contributed by atoms with Gasteiger partial charge in [0.2, 0.25) is 0 Å². The summed E-state index contributed by atoms with van der Waals surface area (Å²) in [4.78, 5) is 0. The van der Waals surface area contributed by atoms with Gasteiger partial charge >= 0.3 is 0 Å². The summed E-state index contributed by atoms with van der Waals surface area (Å²) in [6.07, 6.45) is 28.0. The van der Waals surface area contributed by atoms with E-state index >= 15 is 0 Å². The predicted molar refractivity (Wildman–Crippen MR) is 119 cm³/mol. The van der Waals surface area contributed by atoms with Crippen LogP contribution in [0.3, 0.4) is 0 Å². The van der Waals surface area contributed by atoms with Crippen LogP contribution in [0.25, 0.3) is 0 Å². The molecule has 0 saturated heterocycles. The Morgan fingerprint density at radius 3 is 2.04 bits per heavy atom. The summed E-state index contributed by atoms with van der Waals surface area (Å²) in [6.45, 7) is 7.84. The van der Waals surface area contributed by atoms with E-state index in [4.69, 9.17) is 4.74 Å². The van der Waals surface area contributed by atoms with Crippen molar-refractivity contribution in [2.24, 2.45) is 17.3 Å². The minimum absolute atomic E-state index is 0.483. The maximum Gasteiger partial charge on any atom is 0.0645 e. The van der Waals surface area contributed by atoms with Crippen molar-refractivity contribution >= 4 is 0 Å². The van der Waals surface area contributed by atoms with Crippen molar-refractivity contribution in [2.75, 3.05) is 13.2 Å². The molecule has 1 nitrogen and oxygen atoms in total. The van der Waals surface area contributed by atoms with Gasteiger partial charge in [-0.3, -0.25) is 0 Å². The Bertz CT molecular complexity index is 360. The van der Waals surface area contributed by atoms with Crippen LogP contribution >= 0.6 is 0 Å². The van der Waals surface area contributed by atoms with E-state index in [2.05, 4.69) is 13.5 Å². The summed E-state index contributed by atoms with van der Waals surface area (Å²) in [5.74, 6) is 2.07. The van der Waals surface area contributed by atoms with Crippen molar-refractivity contribution in [1.82, 2.24) is 0 Å². The second kappa shape index (κ2) is 13.8. The standard InChI is InChI=1S/C26H48O/c1-3-5-6-7-8-9-10-14-19-26(23-27-22-4-2)20-17-25(18-21-26)24-15-12-11-13-16-24/h4,24-25H,2-3,5-23H2,1H3/t25-,26+. The zero-order valence-corrected chi connectivity index (χ0v) is 18.5. The van der Waals surface area contributed by atoms with Crippen molar-refractivity contribution < 1.29 is 4.74 Å². The van der Waals surface area contributed by atoms with Gasteiger partial charge in [0.05, 0.1) is 13.2 Å². The summed E-state index contributed by atoms with van der Waals surface area (Å²) in [5.41, 5.74) is 0.483. The predicted octanol–water partition coefficient (Wildman–Crippen LogP) is 8.48. The third kappa shape index (κ3) is 8.71. The molecule has 0 atom stereocenters. The average molecular weight is 377 g/mol. The van der Waals surface area contributed by atoms with E-state index in [1.807, 2.05) is 6.08 Å². The average Bonchev–Trinajstić information content (AvgIpc) is 2.71. The van der Waals surface area contributed by atoms with Gasteiger partial charge in [-0.1, -0.05) is 96.5 Å². The molecule has 0 bridgehead atoms. The second-order valence-electron chi connectivity index (χ2n) is 9.76. The smallest absolute Gasteiger partial charge is 0.0645 e. The molecule has 2 aliphatic rings. The van der Waals surface area contributed by atoms with Gasteiger partial charge in [-0.2, -0.15) is 0 Å². The lowest BCUT2D eigenvalue weighted by Crippen LogP contribution is -2.34. The van der Waals surface area contributed by atoms with E-state index in [9.17, 15) is 0 Å². The van der Waals surface area contributed by atoms with Crippen LogP contribution in [0.1, 0.15) is 122 Å². The molecule has 0 aromatic heterocycles. The molecule has 0 aliphatic heterocycles. The summed E-state index contributed by atoms with van der Waals surface area (Å²) < 4.78 is 6.01. The number of rotatable bonds is 14. The molecule has 2 aliphatic carbocycles. The molecule has 0 spiro atoms. The maximum atomic E-state index is 6.01. The third-order valence-electron chi connectivity index (χ3n) is 7.61. The summed E-state index contributed by atoms with van der Waals surface area (Å²) in [5, 5.41) is 0. The minimum atomic E-state index is 0.483. The second-order valence-corrected chi connectivity index (χ2v) is 9.76. The maximum absolute atomic E-state index is 6.01. The van der Waals surface area contributed by atoms with Crippen molar-refractivity contribution in [3.63, 3.8) is 0 Å². The van der Waals surface area contributed by atoms with Gasteiger partial charge in [-0.05, 0) is 49.4 Å². The van der Waals surface area contributed by atoms with Crippen LogP contribution in [0.2, 0.25) is 0 Å². The highest BCUT2D eigenvalue weighted by molar-refractivity contribution is 4.89. The molecule has 0 aromatic rings. The van der Waals surface area contributed by atoms with E-state index in [1.54, 1.807) is 0 Å². The number of unbranched alkanes of at least 4 members (excludes halogenated alkanes) is 7. The topological polar surface area (TPSA) is 9.23 Å². The van der Waals surface area contributed by atoms with Crippen molar-refractivity contribution in [2.45, 2.75) is 122 Å². The zero-order valence-electron chi connectivity index (χ0n) is 18.5. The first-order chi connectivity index (χ1) is 13.3. The molecule has 2 saturated carbocycles. The Morgan fingerprint density at radius 2 is 1.41 bits per heavy atom. The Hall–Kier alpha value is -0.300. The fourth-order valence-electron chi connectivity index (χ4n) is 5.79. The zero-order chi connectivity index (χ0) is 19.2. The van der Waals surface area contributed by atoms with Gasteiger partial charge in [0.1, 0.15) is 0 Å². The van der Waals surface area contributed by atoms with Crippen LogP contribution < -0.4 is 0 Å². The largest absolute Gasteiger partial charge is 0.377 e. The molecule has 0 amide bonds. The molecule has 0 radical (unpaired) electrons. The first-order valence-corrected chi connectivity index (χ1v) is 12.5. The highest BCUT2D eigenvalue weighted by atomic mass is 16.5. The molecular weight excluding hydrogens is 328 g/mol. The first kappa shape index (κ1) is 23.0. The van der Waals surface area contributed by atoms with Gasteiger partial charge in [-0.25, -0.2) is 0 Å². The molecule has 27 heavy (non-hydrogen) atoms. The quantitative estimate of drug-likeness (QED) is 0.218. The third-order valence-corrected chi connectivity index (χ3v) is 7.61. The van der Waals surface area contributed by atoms with Crippen LogP contribution in [-0.2, 0) is 4.74 Å². The lowest BCUT2D eigenvalue weighted by molar-refractivity contribution is 0.00340. The van der Waals surface area contributed by atoms with E-state index in [0.29, 0.717) is 5.41 Å². The number of hydrogen-bond acceptors (Lipinski definition) is 1. The first-order valence-electron chi connectivity index (χ1n) is 12.5. The van der Waals surface area contributed by atoms with Crippen LogP contribution in [0.15, 0.2) is 12.7 Å². The van der Waals surface area contributed by atoms with Gasteiger partial charge in [0, 0.05) is 0 Å². The van der Waals surface area contributed by atoms with Crippen LogP contribution in [0, 0.1) is 17.3 Å². The molecule has 0 aromatic carbocycles. The fraction of sp³-hybridized carbons (Fsp3) is 0.923. The molecule has 2 rings (SSSR count). The molecular formula is C26H48O. The number of ether oxygens (including phenoxy) is 1. The highest BCUT2D eigenvalue weighted by Crippen LogP contribution is 2.47. The Morgan fingerprint density at radius 1 is 0.815 bits per heavy atom. The van der Waals surface area contributed by atoms with Gasteiger partial charge in [0.15, 0.2) is 0 Å². The monoisotopic (exact) mass is 376 g/mol. The van der Waals surface area contributed by atoms with Gasteiger partial charge < -0.3 is 4.74 Å². The summed E-state index contributed by atoms with van der Waals surface area (Å²) in [7, 11) is 0. The van der Waals surface area contributed by atoms with E-state index in [1.165, 1.54) is 116 Å².